The maximum atomic E-state index is 11.7. The second-order valence-electron chi connectivity index (χ2n) is 12.0. The van der Waals surface area contributed by atoms with Gasteiger partial charge < -0.3 is 21.9 Å². The van der Waals surface area contributed by atoms with E-state index in [1.54, 1.807) is 7.11 Å². The van der Waals surface area contributed by atoms with E-state index in [1.165, 1.54) is 24.0 Å². The number of amidine groups is 3. The highest BCUT2D eigenvalue weighted by molar-refractivity contribution is 7.99. The Morgan fingerprint density at radius 3 is 1.86 bits per heavy atom. The molecule has 0 bridgehead atoms. The van der Waals surface area contributed by atoms with Crippen LogP contribution in [0.2, 0.25) is 0 Å². The van der Waals surface area contributed by atoms with Crippen LogP contribution in [0.25, 0.3) is 0 Å². The molecule has 3 aliphatic carbocycles. The first-order valence-electron chi connectivity index (χ1n) is 14.8. The van der Waals surface area contributed by atoms with Gasteiger partial charge in [-0.3, -0.25) is 0 Å². The molecule has 3 aliphatic heterocycles. The van der Waals surface area contributed by atoms with Crippen LogP contribution in [-0.2, 0) is 34.2 Å². The smallest absolute Gasteiger partial charge is 0.258 e. The lowest BCUT2D eigenvalue weighted by Gasteiger charge is -2.30. The molecule has 3 atom stereocenters. The van der Waals surface area contributed by atoms with Crippen LogP contribution in [0, 0.1) is 5.92 Å². The molecule has 0 fully saturated rings. The van der Waals surface area contributed by atoms with E-state index < -0.39 is 29.4 Å². The van der Waals surface area contributed by atoms with Crippen molar-refractivity contribution >= 4 is 58.7 Å². The van der Waals surface area contributed by atoms with E-state index in [1.807, 2.05) is 0 Å². The molecule has 3 unspecified atom stereocenters. The Kier molecular flexibility index (Phi) is 10.7. The molecule has 6 aliphatic rings. The number of hydrogen-bond acceptors (Lipinski definition) is 8. The van der Waals surface area contributed by atoms with E-state index in [2.05, 4.69) is 24.9 Å². The zero-order valence-electron chi connectivity index (χ0n) is 25.1. The normalized spacial score (nSPS) is 31.2. The first-order valence-corrected chi connectivity index (χ1v) is 20.1. The van der Waals surface area contributed by atoms with Crippen molar-refractivity contribution in [3.8, 4) is 0 Å². The van der Waals surface area contributed by atoms with Gasteiger partial charge in [0.1, 0.15) is 17.5 Å². The minimum absolute atomic E-state index is 0.0593. The zero-order valence-corrected chi connectivity index (χ0v) is 27.6. The number of ether oxygens (including phenoxy) is 1. The Hall–Kier alpha value is -2.42. The van der Waals surface area contributed by atoms with Gasteiger partial charge in [-0.05, 0) is 128 Å². The van der Waals surface area contributed by atoms with E-state index in [4.69, 9.17) is 21.9 Å². The molecule has 11 nitrogen and oxygen atoms in total. The molecule has 3 heterocycles. The van der Waals surface area contributed by atoms with Gasteiger partial charge in [0.2, 0.25) is 0 Å². The lowest BCUT2D eigenvalue weighted by molar-refractivity contribution is 0.187. The minimum Gasteiger partial charge on any atom is -0.385 e. The highest BCUT2D eigenvalue weighted by Gasteiger charge is 2.32. The van der Waals surface area contributed by atoms with Crippen LogP contribution in [0.1, 0.15) is 77.0 Å². The summed E-state index contributed by atoms with van der Waals surface area (Å²) in [5, 5.41) is 0. The minimum atomic E-state index is -3.37. The zero-order chi connectivity index (χ0) is 31.4. The van der Waals surface area contributed by atoms with Crippen molar-refractivity contribution in [2.75, 3.05) is 31.0 Å². The summed E-state index contributed by atoms with van der Waals surface area (Å²) in [6, 6.07) is 0. The van der Waals surface area contributed by atoms with Gasteiger partial charge in [-0.2, -0.15) is 8.80 Å². The third kappa shape index (κ3) is 8.83. The van der Waals surface area contributed by atoms with Crippen LogP contribution in [0.5, 0.6) is 0 Å². The molecule has 240 valence electrons. The van der Waals surface area contributed by atoms with Crippen LogP contribution >= 0.6 is 0 Å². The molecular weight excluding hydrogens is 609 g/mol. The fourth-order valence-electron chi connectivity index (χ4n) is 6.67. The molecule has 0 aromatic heterocycles. The van der Waals surface area contributed by atoms with Gasteiger partial charge in [0, 0.05) is 13.7 Å². The maximum Gasteiger partial charge on any atom is 0.258 e. The molecule has 0 aromatic carbocycles. The Morgan fingerprint density at radius 1 is 0.721 bits per heavy atom. The molecule has 0 radical (unpaired) electrons. The van der Waals surface area contributed by atoms with Gasteiger partial charge in [0.25, 0.3) is 10.0 Å². The average molecular weight is 655 g/mol. The van der Waals surface area contributed by atoms with E-state index in [0.717, 1.165) is 93.1 Å². The lowest BCUT2D eigenvalue weighted by Crippen LogP contribution is -2.32. The van der Waals surface area contributed by atoms with E-state index >= 15 is 0 Å². The van der Waals surface area contributed by atoms with Gasteiger partial charge in [-0.25, -0.2) is 16.8 Å². The number of rotatable bonds is 4. The Morgan fingerprint density at radius 2 is 1.26 bits per heavy atom. The molecule has 6 rings (SSSR count). The van der Waals surface area contributed by atoms with Crippen LogP contribution < -0.4 is 17.2 Å². The Labute approximate surface area is 257 Å². The highest BCUT2D eigenvalue weighted by Crippen LogP contribution is 2.36. The van der Waals surface area contributed by atoms with Gasteiger partial charge in [0.05, 0.1) is 36.7 Å². The molecule has 14 heteroatoms. The number of methoxy groups -OCH3 is 1. The predicted octanol–water partition coefficient (Wildman–Crippen LogP) is 2.54. The van der Waals surface area contributed by atoms with Crippen molar-refractivity contribution in [3.05, 3.63) is 33.4 Å². The predicted molar refractivity (Wildman–Crippen MR) is 181 cm³/mol. The maximum absolute atomic E-state index is 11.7. The summed E-state index contributed by atoms with van der Waals surface area (Å²) < 4.78 is 62.9. The number of nitrogens with zero attached hydrogens (tertiary/aromatic N) is 3. The van der Waals surface area contributed by atoms with Crippen molar-refractivity contribution < 1.29 is 21.6 Å². The summed E-state index contributed by atoms with van der Waals surface area (Å²) in [5.41, 5.74) is 24.0. The molecular formula is C29H46N6O5S3. The number of nitrogens with two attached hydrogens (primary N) is 3. The molecule has 6 N–H and O–H groups in total. The van der Waals surface area contributed by atoms with Crippen LogP contribution in [0.15, 0.2) is 46.6 Å². The molecule has 43 heavy (non-hydrogen) atoms. The summed E-state index contributed by atoms with van der Waals surface area (Å²) in [7, 11) is -6.26. The number of sulfonamides is 1. The topological polar surface area (TPSA) is 193 Å². The van der Waals surface area contributed by atoms with Crippen LogP contribution in [0.4, 0.5) is 0 Å². The molecule has 0 spiro atoms. The second kappa shape index (κ2) is 13.7. The van der Waals surface area contributed by atoms with Crippen LogP contribution in [0.3, 0.4) is 0 Å². The monoisotopic (exact) mass is 654 g/mol. The SMILES string of the molecule is C=S1(=O)CC2=C(CCC2)C(N)=N1.C=S1(=O)CC2=C(CCCC2)C(N)=N1.COCCCC1CCCC2=C1C(N)=NS(=O)(=O)C2. The summed E-state index contributed by atoms with van der Waals surface area (Å²) >= 11 is 0. The standard InChI is InChI=1S/C12H20N2O3S.C9H14N2OS.C8H12N2OS/c1-17-7-3-6-9-4-2-5-10-8-18(15,16)14-12(13)11(9)10;1-13(12)6-7-4-2-3-5-8(7)9(10)11-13;1-12(11)5-6-3-2-4-7(6)8(9)10-12/h9H,2-8H2,1H3,(H2,13,14);1-6H2,(H2,10,11,12);1-5H2,(H2,9,10,11). The van der Waals surface area contributed by atoms with Crippen LogP contribution in [-0.4, -0.2) is 77.1 Å². The average Bonchev–Trinajstić information content (AvgIpc) is 3.36. The van der Waals surface area contributed by atoms with Crippen molar-refractivity contribution in [1.82, 2.24) is 0 Å². The van der Waals surface area contributed by atoms with Gasteiger partial charge in [0.15, 0.2) is 0 Å². The first kappa shape index (κ1) is 33.5. The van der Waals surface area contributed by atoms with Gasteiger partial charge in [-0.15, -0.1) is 4.40 Å². The Balaban J connectivity index is 0.000000151. The van der Waals surface area contributed by atoms with Crippen molar-refractivity contribution in [3.63, 3.8) is 0 Å². The van der Waals surface area contributed by atoms with E-state index in [-0.39, 0.29) is 11.6 Å². The van der Waals surface area contributed by atoms with Crippen molar-refractivity contribution in [2.24, 2.45) is 36.3 Å². The summed E-state index contributed by atoms with van der Waals surface area (Å²) in [5.74, 6) is 9.79. The van der Waals surface area contributed by atoms with Crippen molar-refractivity contribution in [1.29, 1.82) is 0 Å². The molecule has 0 amide bonds. The van der Waals surface area contributed by atoms with E-state index in [9.17, 15) is 16.8 Å². The third-order valence-electron chi connectivity index (χ3n) is 8.45. The largest absolute Gasteiger partial charge is 0.385 e. The third-order valence-corrected chi connectivity index (χ3v) is 12.3. The van der Waals surface area contributed by atoms with Gasteiger partial charge in [-0.1, -0.05) is 0 Å². The first-order chi connectivity index (χ1) is 20.2. The second-order valence-corrected chi connectivity index (χ2v) is 17.6. The fourth-order valence-corrected chi connectivity index (χ4v) is 10.7. The highest BCUT2D eigenvalue weighted by atomic mass is 32.2. The summed E-state index contributed by atoms with van der Waals surface area (Å²) in [6.07, 6.45) is 12.4. The summed E-state index contributed by atoms with van der Waals surface area (Å²) in [4.78, 5) is 0. The molecule has 0 saturated carbocycles. The molecule has 0 saturated heterocycles. The number of hydrogen-bond donors (Lipinski definition) is 3. The van der Waals surface area contributed by atoms with Crippen molar-refractivity contribution in [2.45, 2.75) is 77.0 Å². The lowest BCUT2D eigenvalue weighted by atomic mass is 9.80. The quantitative estimate of drug-likeness (QED) is 0.304. The summed E-state index contributed by atoms with van der Waals surface area (Å²) in [6.45, 7) is 0.731. The van der Waals surface area contributed by atoms with Gasteiger partial charge >= 0.3 is 0 Å². The Bertz CT molecular complexity index is 1630. The van der Waals surface area contributed by atoms with E-state index in [0.29, 0.717) is 29.1 Å². The fraction of sp³-hybridized carbons (Fsp3) is 0.621. The molecule has 0 aromatic rings.